The van der Waals surface area contributed by atoms with Crippen molar-refractivity contribution >= 4 is 44.9 Å². The largest absolute Gasteiger partial charge is 0.336 e. The van der Waals surface area contributed by atoms with E-state index in [1.807, 2.05) is 35.7 Å². The van der Waals surface area contributed by atoms with E-state index in [0.717, 1.165) is 69.4 Å². The molecule has 6 aromatic heterocycles. The normalized spacial score (nSPS) is 14.3. The smallest absolute Gasteiger partial charge is 0.227 e. The molecule has 1 aliphatic rings. The molecule has 0 bridgehead atoms. The van der Waals surface area contributed by atoms with Gasteiger partial charge in [-0.25, -0.2) is 4.98 Å². The third-order valence-corrected chi connectivity index (χ3v) is 7.98. The molecule has 7 rings (SSSR count). The number of carbonyl (C=O) groups is 1. The topological polar surface area (TPSA) is 125 Å². The van der Waals surface area contributed by atoms with Crippen LogP contribution in [0.1, 0.15) is 32.1 Å². The number of amides is 1. The van der Waals surface area contributed by atoms with Gasteiger partial charge in [-0.1, -0.05) is 25.3 Å². The summed E-state index contributed by atoms with van der Waals surface area (Å²) in [6, 6.07) is 9.87. The van der Waals surface area contributed by atoms with Gasteiger partial charge in [-0.15, -0.1) is 11.3 Å². The Morgan fingerprint density at radius 2 is 1.92 bits per heavy atom. The summed E-state index contributed by atoms with van der Waals surface area (Å²) in [4.78, 5) is 35.7. The van der Waals surface area contributed by atoms with Crippen molar-refractivity contribution in [2.45, 2.75) is 32.1 Å². The monoisotopic (exact) mass is 520 g/mol. The van der Waals surface area contributed by atoms with E-state index in [1.54, 1.807) is 36.1 Å². The van der Waals surface area contributed by atoms with E-state index in [-0.39, 0.29) is 11.8 Å². The van der Waals surface area contributed by atoms with Crippen LogP contribution in [0.25, 0.3) is 55.3 Å². The molecule has 0 spiro atoms. The lowest BCUT2D eigenvalue weighted by Crippen LogP contribution is -2.24. The lowest BCUT2D eigenvalue weighted by molar-refractivity contribution is -0.120. The summed E-state index contributed by atoms with van der Waals surface area (Å²) in [6.45, 7) is 0. The molecule has 188 valence electrons. The number of thiophene rings is 1. The average molecular weight is 521 g/mol. The zero-order chi connectivity index (χ0) is 25.5. The number of nitrogens with one attached hydrogen (secondary N) is 3. The lowest BCUT2D eigenvalue weighted by atomic mass is 9.88. The molecule has 3 N–H and O–H groups in total. The Labute approximate surface area is 221 Å². The van der Waals surface area contributed by atoms with Crippen LogP contribution in [0.5, 0.6) is 0 Å². The molecule has 0 unspecified atom stereocenters. The zero-order valence-corrected chi connectivity index (χ0v) is 21.3. The second-order valence-corrected chi connectivity index (χ2v) is 10.5. The third-order valence-electron chi connectivity index (χ3n) is 7.10. The first-order chi connectivity index (χ1) is 18.7. The predicted molar refractivity (Wildman–Crippen MR) is 149 cm³/mol. The van der Waals surface area contributed by atoms with Crippen LogP contribution >= 0.6 is 11.3 Å². The molecular weight excluding hydrogens is 496 g/mol. The number of H-pyrrole nitrogens is 2. The van der Waals surface area contributed by atoms with E-state index in [4.69, 9.17) is 4.98 Å². The Kier molecular flexibility index (Phi) is 5.66. The van der Waals surface area contributed by atoms with Crippen LogP contribution in [0.15, 0.2) is 60.5 Å². The van der Waals surface area contributed by atoms with Gasteiger partial charge in [-0.2, -0.15) is 5.10 Å². The molecule has 0 aliphatic heterocycles. The van der Waals surface area contributed by atoms with E-state index in [0.29, 0.717) is 17.2 Å². The molecule has 1 amide bonds. The first kappa shape index (κ1) is 22.7. The third kappa shape index (κ3) is 4.12. The highest BCUT2D eigenvalue weighted by molar-refractivity contribution is 7.13. The Bertz CT molecular complexity index is 1760. The van der Waals surface area contributed by atoms with E-state index in [2.05, 4.69) is 35.5 Å². The quantitative estimate of drug-likeness (QED) is 0.248. The van der Waals surface area contributed by atoms with Crippen molar-refractivity contribution in [3.8, 4) is 33.3 Å². The maximum absolute atomic E-state index is 12.7. The van der Waals surface area contributed by atoms with Crippen LogP contribution in [0, 0.1) is 5.92 Å². The number of hydrogen-bond donors (Lipinski definition) is 3. The van der Waals surface area contributed by atoms with Gasteiger partial charge in [-0.05, 0) is 42.5 Å². The van der Waals surface area contributed by atoms with Gasteiger partial charge in [0.15, 0.2) is 5.82 Å². The van der Waals surface area contributed by atoms with E-state index < -0.39 is 0 Å². The first-order valence-electron chi connectivity index (χ1n) is 12.7. The van der Waals surface area contributed by atoms with Crippen molar-refractivity contribution in [1.29, 1.82) is 0 Å². The standard InChI is InChI=1S/C28H24N8OS/c37-28(16-5-2-1-3-6-16)32-18-11-17(13-29-14-18)21-12-19-22(15-31-21)35-36-24(19)27-33-20-8-9-30-26(25(20)34-27)23-7-4-10-38-23/h4,7-16H,1-3,5-6H2,(H,32,37)(H,33,34)(H,35,36). The minimum absolute atomic E-state index is 0.0745. The van der Waals surface area contributed by atoms with Crippen molar-refractivity contribution in [2.75, 3.05) is 5.32 Å². The number of hydrogen-bond acceptors (Lipinski definition) is 7. The highest BCUT2D eigenvalue weighted by Gasteiger charge is 2.21. The zero-order valence-electron chi connectivity index (χ0n) is 20.4. The van der Waals surface area contributed by atoms with E-state index in [1.165, 1.54) is 6.42 Å². The second kappa shape index (κ2) is 9.46. The molecule has 38 heavy (non-hydrogen) atoms. The van der Waals surface area contributed by atoms with Crippen LogP contribution in [0.3, 0.4) is 0 Å². The molecule has 6 aromatic rings. The Balaban J connectivity index is 1.23. The first-order valence-corrected chi connectivity index (χ1v) is 13.6. The molecule has 1 aliphatic carbocycles. The molecule has 1 fully saturated rings. The number of imidazole rings is 1. The number of carbonyl (C=O) groups excluding carboxylic acids is 1. The molecule has 10 heteroatoms. The molecule has 0 radical (unpaired) electrons. The molecular formula is C28H24N8OS. The number of aromatic amines is 2. The van der Waals surface area contributed by atoms with Gasteiger partial charge in [0.25, 0.3) is 0 Å². The van der Waals surface area contributed by atoms with Gasteiger partial charge in [0.2, 0.25) is 5.91 Å². The molecule has 1 saturated carbocycles. The Morgan fingerprint density at radius 1 is 1.00 bits per heavy atom. The van der Waals surface area contributed by atoms with Crippen molar-refractivity contribution in [3.63, 3.8) is 0 Å². The number of pyridine rings is 3. The summed E-state index contributed by atoms with van der Waals surface area (Å²) in [5, 5.41) is 13.6. The fourth-order valence-electron chi connectivity index (χ4n) is 5.15. The van der Waals surface area contributed by atoms with Gasteiger partial charge in [-0.3, -0.25) is 24.8 Å². The second-order valence-electron chi connectivity index (χ2n) is 9.59. The molecule has 9 nitrogen and oxygen atoms in total. The maximum atomic E-state index is 12.7. The fraction of sp³-hybridized carbons (Fsp3) is 0.214. The summed E-state index contributed by atoms with van der Waals surface area (Å²) < 4.78 is 0. The van der Waals surface area contributed by atoms with Crippen LogP contribution in [0.4, 0.5) is 5.69 Å². The summed E-state index contributed by atoms with van der Waals surface area (Å²) in [6.07, 6.45) is 12.3. The van der Waals surface area contributed by atoms with Crippen molar-refractivity contribution in [2.24, 2.45) is 5.92 Å². The van der Waals surface area contributed by atoms with Gasteiger partial charge in [0.1, 0.15) is 16.9 Å². The van der Waals surface area contributed by atoms with Crippen LogP contribution < -0.4 is 5.32 Å². The van der Waals surface area contributed by atoms with Crippen LogP contribution in [-0.2, 0) is 4.79 Å². The minimum atomic E-state index is 0.0745. The van der Waals surface area contributed by atoms with Crippen molar-refractivity contribution in [3.05, 3.63) is 60.5 Å². The van der Waals surface area contributed by atoms with E-state index >= 15 is 0 Å². The summed E-state index contributed by atoms with van der Waals surface area (Å²) >= 11 is 1.63. The summed E-state index contributed by atoms with van der Waals surface area (Å²) in [5.41, 5.74) is 6.28. The number of nitrogens with zero attached hydrogens (tertiary/aromatic N) is 5. The number of aromatic nitrogens is 7. The maximum Gasteiger partial charge on any atom is 0.227 e. The summed E-state index contributed by atoms with van der Waals surface area (Å²) in [7, 11) is 0. The molecule has 6 heterocycles. The van der Waals surface area contributed by atoms with Crippen LogP contribution in [0.2, 0.25) is 0 Å². The van der Waals surface area contributed by atoms with Gasteiger partial charge in [0.05, 0.1) is 39.7 Å². The predicted octanol–water partition coefficient (Wildman–Crippen LogP) is 6.21. The number of rotatable bonds is 5. The van der Waals surface area contributed by atoms with E-state index in [9.17, 15) is 4.79 Å². The van der Waals surface area contributed by atoms with Crippen molar-refractivity contribution in [1.82, 2.24) is 35.1 Å². The van der Waals surface area contributed by atoms with Gasteiger partial charge in [0, 0.05) is 29.3 Å². The van der Waals surface area contributed by atoms with Gasteiger partial charge >= 0.3 is 0 Å². The van der Waals surface area contributed by atoms with Crippen LogP contribution in [-0.4, -0.2) is 41.0 Å². The molecule has 0 aromatic carbocycles. The Morgan fingerprint density at radius 3 is 2.79 bits per heavy atom. The summed E-state index contributed by atoms with van der Waals surface area (Å²) in [5.74, 6) is 0.806. The Hall–Kier alpha value is -4.44. The number of fused-ring (bicyclic) bond motifs is 2. The lowest BCUT2D eigenvalue weighted by Gasteiger charge is -2.20. The SMILES string of the molecule is O=C(Nc1cncc(-c2cc3c(-c4nc5c(-c6cccs6)nccc5[nH]4)n[nH]c3cn2)c1)C1CCCCC1. The molecule has 0 saturated heterocycles. The highest BCUT2D eigenvalue weighted by Crippen LogP contribution is 2.33. The highest BCUT2D eigenvalue weighted by atomic mass is 32.1. The fourth-order valence-corrected chi connectivity index (χ4v) is 5.88. The minimum Gasteiger partial charge on any atom is -0.336 e. The average Bonchev–Trinajstić information content (AvgIpc) is 3.73. The molecule has 0 atom stereocenters. The number of anilines is 1. The van der Waals surface area contributed by atoms with Gasteiger partial charge < -0.3 is 10.3 Å². The van der Waals surface area contributed by atoms with Crippen molar-refractivity contribution < 1.29 is 4.79 Å².